The Morgan fingerprint density at radius 1 is 1.56 bits per heavy atom. The van der Waals surface area contributed by atoms with Crippen molar-refractivity contribution < 1.29 is 9.53 Å². The van der Waals surface area contributed by atoms with E-state index in [0.29, 0.717) is 18.2 Å². The van der Waals surface area contributed by atoms with Crippen LogP contribution in [0, 0.1) is 5.92 Å². The van der Waals surface area contributed by atoms with E-state index in [2.05, 4.69) is 19.2 Å². The molecule has 1 unspecified atom stereocenters. The summed E-state index contributed by atoms with van der Waals surface area (Å²) in [5, 5.41) is 3.42. The minimum Gasteiger partial charge on any atom is -0.381 e. The Morgan fingerprint density at radius 2 is 2.38 bits per heavy atom. The average Bonchev–Trinajstić information content (AvgIpc) is 2.69. The van der Waals surface area contributed by atoms with Gasteiger partial charge < -0.3 is 15.0 Å². The standard InChI is InChI=1S/C12H22N2O2/c1-12(2)9-14(5-4-13-12)11(15)7-10-3-6-16-8-10/h10,13H,3-9H2,1-2H3. The quantitative estimate of drug-likeness (QED) is 0.750. The summed E-state index contributed by atoms with van der Waals surface area (Å²) in [5.41, 5.74) is 0.0556. The van der Waals surface area contributed by atoms with E-state index in [4.69, 9.17) is 4.74 Å². The van der Waals surface area contributed by atoms with Crippen LogP contribution in [0.3, 0.4) is 0 Å². The molecule has 2 aliphatic heterocycles. The molecule has 0 radical (unpaired) electrons. The van der Waals surface area contributed by atoms with Gasteiger partial charge in [-0.1, -0.05) is 0 Å². The van der Waals surface area contributed by atoms with Gasteiger partial charge in [-0.2, -0.15) is 0 Å². The molecule has 0 bridgehead atoms. The molecule has 0 aromatic rings. The Kier molecular flexibility index (Phi) is 3.50. The second kappa shape index (κ2) is 4.72. The number of nitrogens with one attached hydrogen (secondary N) is 1. The van der Waals surface area contributed by atoms with Gasteiger partial charge in [-0.05, 0) is 26.2 Å². The van der Waals surface area contributed by atoms with Gasteiger partial charge in [0.25, 0.3) is 0 Å². The zero-order chi connectivity index (χ0) is 11.6. The predicted octanol–water partition coefficient (Wildman–Crippen LogP) is 0.623. The molecule has 0 saturated carbocycles. The maximum Gasteiger partial charge on any atom is 0.223 e. The molecule has 2 fully saturated rings. The molecule has 4 nitrogen and oxygen atoms in total. The zero-order valence-electron chi connectivity index (χ0n) is 10.3. The minimum absolute atomic E-state index is 0.0556. The Labute approximate surface area is 97.3 Å². The van der Waals surface area contributed by atoms with E-state index in [1.165, 1.54) is 0 Å². The highest BCUT2D eigenvalue weighted by Crippen LogP contribution is 2.19. The lowest BCUT2D eigenvalue weighted by Gasteiger charge is -2.39. The summed E-state index contributed by atoms with van der Waals surface area (Å²) in [4.78, 5) is 14.1. The summed E-state index contributed by atoms with van der Waals surface area (Å²) in [5.74, 6) is 0.746. The van der Waals surface area contributed by atoms with Crippen molar-refractivity contribution >= 4 is 5.91 Å². The minimum atomic E-state index is 0.0556. The third kappa shape index (κ3) is 2.95. The molecule has 1 N–H and O–H groups in total. The van der Waals surface area contributed by atoms with Crippen molar-refractivity contribution in [2.45, 2.75) is 32.2 Å². The van der Waals surface area contributed by atoms with E-state index in [1.807, 2.05) is 4.90 Å². The molecule has 0 aliphatic carbocycles. The maximum absolute atomic E-state index is 12.1. The Hall–Kier alpha value is -0.610. The molecule has 0 aromatic carbocycles. The zero-order valence-corrected chi connectivity index (χ0v) is 10.3. The van der Waals surface area contributed by atoms with Crippen LogP contribution in [0.1, 0.15) is 26.7 Å². The lowest BCUT2D eigenvalue weighted by atomic mass is 9.99. The van der Waals surface area contributed by atoms with Crippen molar-refractivity contribution in [1.29, 1.82) is 0 Å². The summed E-state index contributed by atoms with van der Waals surface area (Å²) in [6.45, 7) is 8.44. The predicted molar refractivity (Wildman–Crippen MR) is 62.2 cm³/mol. The molecule has 0 spiro atoms. The van der Waals surface area contributed by atoms with Crippen molar-refractivity contribution in [3.63, 3.8) is 0 Å². The van der Waals surface area contributed by atoms with Gasteiger partial charge in [0.05, 0.1) is 0 Å². The third-order valence-electron chi connectivity index (χ3n) is 3.41. The highest BCUT2D eigenvalue weighted by Gasteiger charge is 2.30. The molecule has 92 valence electrons. The SMILES string of the molecule is CC1(C)CN(C(=O)CC2CCOC2)CCN1. The Balaban J connectivity index is 1.84. The molecular weight excluding hydrogens is 204 g/mol. The number of carbonyl (C=O) groups excluding carboxylic acids is 1. The van der Waals surface area contributed by atoms with Crippen LogP contribution in [0.4, 0.5) is 0 Å². The summed E-state index contributed by atoms with van der Waals surface area (Å²) in [6.07, 6.45) is 1.71. The summed E-state index contributed by atoms with van der Waals surface area (Å²) < 4.78 is 5.30. The molecule has 2 heterocycles. The first-order chi connectivity index (χ1) is 7.57. The van der Waals surface area contributed by atoms with E-state index >= 15 is 0 Å². The first kappa shape index (κ1) is 11.9. The number of ether oxygens (including phenoxy) is 1. The number of hydrogen-bond donors (Lipinski definition) is 1. The Bertz CT molecular complexity index is 260. The lowest BCUT2D eigenvalue weighted by molar-refractivity contribution is -0.134. The van der Waals surface area contributed by atoms with Crippen molar-refractivity contribution in [2.75, 3.05) is 32.8 Å². The van der Waals surface area contributed by atoms with Crippen LogP contribution in [0.15, 0.2) is 0 Å². The fraction of sp³-hybridized carbons (Fsp3) is 0.917. The average molecular weight is 226 g/mol. The first-order valence-corrected chi connectivity index (χ1v) is 6.17. The van der Waals surface area contributed by atoms with Crippen LogP contribution in [-0.4, -0.2) is 49.2 Å². The molecule has 1 atom stereocenters. The monoisotopic (exact) mass is 226 g/mol. The van der Waals surface area contributed by atoms with Crippen molar-refractivity contribution in [1.82, 2.24) is 10.2 Å². The highest BCUT2D eigenvalue weighted by atomic mass is 16.5. The maximum atomic E-state index is 12.1. The summed E-state index contributed by atoms with van der Waals surface area (Å²) >= 11 is 0. The number of hydrogen-bond acceptors (Lipinski definition) is 3. The summed E-state index contributed by atoms with van der Waals surface area (Å²) in [7, 11) is 0. The van der Waals surface area contributed by atoms with Crippen molar-refractivity contribution in [2.24, 2.45) is 5.92 Å². The van der Waals surface area contributed by atoms with Crippen LogP contribution >= 0.6 is 0 Å². The molecule has 16 heavy (non-hydrogen) atoms. The second-order valence-corrected chi connectivity index (χ2v) is 5.56. The largest absolute Gasteiger partial charge is 0.381 e. The van der Waals surface area contributed by atoms with E-state index in [9.17, 15) is 4.79 Å². The fourth-order valence-electron chi connectivity index (χ4n) is 2.47. The molecule has 1 amide bonds. The molecule has 2 aliphatic rings. The van der Waals surface area contributed by atoms with Crippen molar-refractivity contribution in [3.8, 4) is 0 Å². The van der Waals surface area contributed by atoms with E-state index in [-0.39, 0.29) is 5.54 Å². The molecule has 2 rings (SSSR count). The van der Waals surface area contributed by atoms with E-state index < -0.39 is 0 Å². The van der Waals surface area contributed by atoms with Crippen LogP contribution in [0.2, 0.25) is 0 Å². The number of carbonyl (C=O) groups is 1. The van der Waals surface area contributed by atoms with Gasteiger partial charge in [0.2, 0.25) is 5.91 Å². The van der Waals surface area contributed by atoms with Gasteiger partial charge in [-0.3, -0.25) is 4.79 Å². The van der Waals surface area contributed by atoms with E-state index in [0.717, 1.165) is 39.3 Å². The smallest absolute Gasteiger partial charge is 0.223 e. The number of amides is 1. The highest BCUT2D eigenvalue weighted by molar-refractivity contribution is 5.76. The van der Waals surface area contributed by atoms with Crippen LogP contribution in [-0.2, 0) is 9.53 Å². The first-order valence-electron chi connectivity index (χ1n) is 6.17. The molecule has 0 aromatic heterocycles. The Morgan fingerprint density at radius 3 is 3.00 bits per heavy atom. The van der Waals surface area contributed by atoms with Crippen molar-refractivity contribution in [3.05, 3.63) is 0 Å². The van der Waals surface area contributed by atoms with Crippen LogP contribution in [0.25, 0.3) is 0 Å². The van der Waals surface area contributed by atoms with Crippen LogP contribution < -0.4 is 5.32 Å². The van der Waals surface area contributed by atoms with Gasteiger partial charge in [0.15, 0.2) is 0 Å². The normalized spacial score (nSPS) is 29.4. The fourth-order valence-corrected chi connectivity index (χ4v) is 2.47. The second-order valence-electron chi connectivity index (χ2n) is 5.56. The topological polar surface area (TPSA) is 41.6 Å². The number of nitrogens with zero attached hydrogens (tertiary/aromatic N) is 1. The van der Waals surface area contributed by atoms with E-state index in [1.54, 1.807) is 0 Å². The summed E-state index contributed by atoms with van der Waals surface area (Å²) in [6, 6.07) is 0. The molecule has 2 saturated heterocycles. The van der Waals surface area contributed by atoms with Gasteiger partial charge in [-0.25, -0.2) is 0 Å². The molecule has 4 heteroatoms. The number of piperazine rings is 1. The number of rotatable bonds is 2. The van der Waals surface area contributed by atoms with Gasteiger partial charge in [0.1, 0.15) is 0 Å². The third-order valence-corrected chi connectivity index (χ3v) is 3.41. The lowest BCUT2D eigenvalue weighted by Crippen LogP contribution is -2.58. The van der Waals surface area contributed by atoms with Crippen LogP contribution in [0.5, 0.6) is 0 Å². The van der Waals surface area contributed by atoms with Gasteiger partial charge in [0, 0.05) is 44.8 Å². The van der Waals surface area contributed by atoms with Gasteiger partial charge in [-0.15, -0.1) is 0 Å². The van der Waals surface area contributed by atoms with Gasteiger partial charge >= 0.3 is 0 Å². The molecular formula is C12H22N2O2.